The van der Waals surface area contributed by atoms with E-state index in [0.29, 0.717) is 23.2 Å². The third-order valence-electron chi connectivity index (χ3n) is 10.9. The van der Waals surface area contributed by atoms with E-state index >= 15 is 0 Å². The molecule has 0 heterocycles. The molecule has 4 heteroatoms. The first-order valence-corrected chi connectivity index (χ1v) is 13.9. The maximum atomic E-state index is 10.8. The number of allylic oxidation sites excluding steroid dienone is 4. The van der Waals surface area contributed by atoms with Gasteiger partial charge in [-0.25, -0.2) is 0 Å². The minimum atomic E-state index is -0.156. The van der Waals surface area contributed by atoms with Crippen molar-refractivity contribution in [2.75, 3.05) is 47.1 Å². The first-order valence-electron chi connectivity index (χ1n) is 13.9. The molecular weight excluding hydrogens is 422 g/mol. The summed E-state index contributed by atoms with van der Waals surface area (Å²) in [7, 11) is 3.59. The summed E-state index contributed by atoms with van der Waals surface area (Å²) < 4.78 is 10.8. The molecule has 1 fully saturated rings. The predicted octanol–water partition coefficient (Wildman–Crippen LogP) is 5.86. The topological polar surface area (TPSA) is 41.9 Å². The van der Waals surface area contributed by atoms with E-state index in [9.17, 15) is 5.11 Å². The highest BCUT2D eigenvalue weighted by Crippen LogP contribution is 2.66. The summed E-state index contributed by atoms with van der Waals surface area (Å²) in [6, 6.07) is 0. The molecule has 1 saturated carbocycles. The van der Waals surface area contributed by atoms with E-state index in [1.165, 1.54) is 32.1 Å². The zero-order chi connectivity index (χ0) is 24.7. The van der Waals surface area contributed by atoms with E-state index in [0.717, 1.165) is 45.7 Å². The number of fused-ring (bicyclic) bond motifs is 4. The smallest absolute Gasteiger partial charge is 0.0594 e. The fraction of sp³-hybridized carbons (Fsp3) is 0.867. The third kappa shape index (κ3) is 4.35. The number of hydrogen-bond acceptors (Lipinski definition) is 4. The van der Waals surface area contributed by atoms with Crippen LogP contribution in [0.3, 0.4) is 0 Å². The van der Waals surface area contributed by atoms with Gasteiger partial charge >= 0.3 is 0 Å². The molecule has 0 amide bonds. The molecule has 4 aliphatic carbocycles. The van der Waals surface area contributed by atoms with Gasteiger partial charge in [-0.2, -0.15) is 0 Å². The van der Waals surface area contributed by atoms with Gasteiger partial charge < -0.3 is 14.6 Å². The minimum absolute atomic E-state index is 0.0151. The predicted molar refractivity (Wildman–Crippen MR) is 140 cm³/mol. The summed E-state index contributed by atoms with van der Waals surface area (Å²) >= 11 is 0. The minimum Gasteiger partial charge on any atom is -0.393 e. The second-order valence-electron chi connectivity index (χ2n) is 13.0. The van der Waals surface area contributed by atoms with Gasteiger partial charge in [-0.1, -0.05) is 46.3 Å². The van der Waals surface area contributed by atoms with Crippen LogP contribution < -0.4 is 0 Å². The molecule has 0 saturated heterocycles. The van der Waals surface area contributed by atoms with Gasteiger partial charge in [-0.05, 0) is 90.1 Å². The van der Waals surface area contributed by atoms with E-state index in [4.69, 9.17) is 9.47 Å². The number of nitrogens with zero attached hydrogens (tertiary/aromatic N) is 1. The van der Waals surface area contributed by atoms with Gasteiger partial charge in [0.2, 0.25) is 0 Å². The molecule has 0 aromatic carbocycles. The quantitative estimate of drug-likeness (QED) is 0.456. The lowest BCUT2D eigenvalue weighted by atomic mass is 9.46. The first kappa shape index (κ1) is 26.4. The summed E-state index contributed by atoms with van der Waals surface area (Å²) in [5.41, 5.74) is 5.78. The molecule has 0 radical (unpaired) electrons. The Morgan fingerprint density at radius 1 is 1.00 bits per heavy atom. The number of rotatable bonds is 9. The lowest BCUT2D eigenvalue weighted by Crippen LogP contribution is -2.53. The Morgan fingerprint density at radius 2 is 1.68 bits per heavy atom. The molecule has 0 aliphatic heterocycles. The van der Waals surface area contributed by atoms with Crippen LogP contribution >= 0.6 is 0 Å². The monoisotopic (exact) mass is 473 g/mol. The van der Waals surface area contributed by atoms with Crippen LogP contribution in [0.1, 0.15) is 79.6 Å². The lowest BCUT2D eigenvalue weighted by Gasteiger charge is -2.59. The number of aliphatic hydroxyl groups excluding tert-OH is 1. The Hall–Kier alpha value is -0.680. The van der Waals surface area contributed by atoms with Crippen LogP contribution in [-0.4, -0.2) is 63.2 Å². The van der Waals surface area contributed by atoms with Crippen molar-refractivity contribution in [3.8, 4) is 0 Å². The van der Waals surface area contributed by atoms with Crippen molar-refractivity contribution in [3.05, 3.63) is 22.8 Å². The Bertz CT molecular complexity index is 793. The van der Waals surface area contributed by atoms with Crippen molar-refractivity contribution in [1.82, 2.24) is 4.90 Å². The molecule has 4 aliphatic rings. The van der Waals surface area contributed by atoms with E-state index < -0.39 is 0 Å². The zero-order valence-electron chi connectivity index (χ0n) is 23.1. The number of ether oxygens (including phenoxy) is 2. The van der Waals surface area contributed by atoms with E-state index in [1.54, 1.807) is 30.9 Å². The first-order chi connectivity index (χ1) is 16.1. The molecular formula is C30H51NO3. The number of hydrogen-bond donors (Lipinski definition) is 1. The highest BCUT2D eigenvalue weighted by molar-refractivity contribution is 5.49. The van der Waals surface area contributed by atoms with E-state index in [2.05, 4.69) is 45.6 Å². The van der Waals surface area contributed by atoms with E-state index in [1.807, 2.05) is 0 Å². The Morgan fingerprint density at radius 3 is 2.32 bits per heavy atom. The molecule has 194 valence electrons. The van der Waals surface area contributed by atoms with Crippen molar-refractivity contribution in [1.29, 1.82) is 0 Å². The van der Waals surface area contributed by atoms with E-state index in [-0.39, 0.29) is 16.9 Å². The second-order valence-corrected chi connectivity index (χ2v) is 13.0. The molecule has 34 heavy (non-hydrogen) atoms. The Balaban J connectivity index is 1.54. The zero-order valence-corrected chi connectivity index (χ0v) is 23.1. The van der Waals surface area contributed by atoms with Crippen LogP contribution in [0.15, 0.2) is 22.8 Å². The van der Waals surface area contributed by atoms with Gasteiger partial charge in [-0.15, -0.1) is 0 Å². The summed E-state index contributed by atoms with van der Waals surface area (Å²) in [5.74, 6) is 1.95. The van der Waals surface area contributed by atoms with Crippen molar-refractivity contribution in [3.63, 3.8) is 0 Å². The molecule has 6 unspecified atom stereocenters. The van der Waals surface area contributed by atoms with Gasteiger partial charge in [0.1, 0.15) is 0 Å². The van der Waals surface area contributed by atoms with Crippen LogP contribution in [0.25, 0.3) is 0 Å². The van der Waals surface area contributed by atoms with Gasteiger partial charge in [0.25, 0.3) is 0 Å². The number of aliphatic hydroxyl groups is 1. The molecule has 4 rings (SSSR count). The van der Waals surface area contributed by atoms with Crippen molar-refractivity contribution in [2.45, 2.75) is 85.7 Å². The van der Waals surface area contributed by atoms with Crippen LogP contribution in [-0.2, 0) is 9.47 Å². The fourth-order valence-corrected chi connectivity index (χ4v) is 8.85. The lowest BCUT2D eigenvalue weighted by molar-refractivity contribution is -0.0905. The third-order valence-corrected chi connectivity index (χ3v) is 10.9. The molecule has 0 aromatic heterocycles. The maximum Gasteiger partial charge on any atom is 0.0594 e. The Kier molecular flexibility index (Phi) is 7.76. The molecule has 0 aromatic rings. The van der Waals surface area contributed by atoms with Gasteiger partial charge in [0.05, 0.1) is 19.3 Å². The average molecular weight is 474 g/mol. The summed E-state index contributed by atoms with van der Waals surface area (Å²) in [6.07, 6.45) is 10.8. The highest BCUT2D eigenvalue weighted by Gasteiger charge is 2.57. The normalized spacial score (nSPS) is 37.8. The highest BCUT2D eigenvalue weighted by atomic mass is 16.5. The molecule has 6 atom stereocenters. The molecule has 1 N–H and O–H groups in total. The average Bonchev–Trinajstić information content (AvgIpc) is 3.16. The standard InChI is InChI=1S/C30H51NO3/c1-21(20-31(16-18-33-6)17-19-34-7)23-9-10-24-22-8-11-26-28(2,3)27(32)13-15-30(26,5)25(22)12-14-29(23,24)4/h10,21,23,26-27,32H,8-9,11-20H2,1-7H3. The summed E-state index contributed by atoms with van der Waals surface area (Å²) in [6.45, 7) is 16.9. The summed E-state index contributed by atoms with van der Waals surface area (Å²) in [5, 5.41) is 10.8. The van der Waals surface area contributed by atoms with Crippen molar-refractivity contribution in [2.24, 2.45) is 34.0 Å². The van der Waals surface area contributed by atoms with Gasteiger partial charge in [0.15, 0.2) is 0 Å². The number of methoxy groups -OCH3 is 2. The van der Waals surface area contributed by atoms with Crippen molar-refractivity contribution < 1.29 is 14.6 Å². The van der Waals surface area contributed by atoms with Crippen LogP contribution in [0.5, 0.6) is 0 Å². The summed E-state index contributed by atoms with van der Waals surface area (Å²) in [4.78, 5) is 2.54. The maximum absolute atomic E-state index is 10.8. The van der Waals surface area contributed by atoms with Crippen LogP contribution in [0.2, 0.25) is 0 Å². The van der Waals surface area contributed by atoms with Gasteiger partial charge in [-0.3, -0.25) is 4.90 Å². The molecule has 0 bridgehead atoms. The van der Waals surface area contributed by atoms with Gasteiger partial charge in [0, 0.05) is 33.9 Å². The molecule has 0 spiro atoms. The SMILES string of the molecule is COCCN(CCOC)CC(C)C1CC=C2C3=C(CCC21C)C1(C)CCC(O)C(C)(C)C1CC3. The Labute approximate surface area is 209 Å². The second kappa shape index (κ2) is 10.00. The largest absolute Gasteiger partial charge is 0.393 e. The fourth-order valence-electron chi connectivity index (χ4n) is 8.85. The molecule has 4 nitrogen and oxygen atoms in total. The van der Waals surface area contributed by atoms with Crippen LogP contribution in [0, 0.1) is 34.0 Å². The van der Waals surface area contributed by atoms with Crippen LogP contribution in [0.4, 0.5) is 0 Å². The van der Waals surface area contributed by atoms with Crippen molar-refractivity contribution >= 4 is 0 Å².